The lowest BCUT2D eigenvalue weighted by molar-refractivity contribution is -0.139. The molecule has 1 aliphatic heterocycles. The van der Waals surface area contributed by atoms with E-state index in [-0.39, 0.29) is 17.5 Å². The second kappa shape index (κ2) is 7.92. The molecule has 0 aromatic heterocycles. The highest BCUT2D eigenvalue weighted by molar-refractivity contribution is 5.95. The number of phenols is 1. The van der Waals surface area contributed by atoms with Crippen LogP contribution in [0.4, 0.5) is 4.79 Å². The maximum Gasteiger partial charge on any atom is 0.338 e. The van der Waals surface area contributed by atoms with Crippen LogP contribution in [0.3, 0.4) is 0 Å². The zero-order valence-corrected chi connectivity index (χ0v) is 15.0. The molecule has 1 atom stereocenters. The third-order valence-corrected chi connectivity index (χ3v) is 4.24. The third-order valence-electron chi connectivity index (χ3n) is 4.24. The summed E-state index contributed by atoms with van der Waals surface area (Å²) in [6, 6.07) is 3.71. The summed E-state index contributed by atoms with van der Waals surface area (Å²) < 4.78 is 10.5. The second-order valence-electron chi connectivity index (χ2n) is 5.86. The van der Waals surface area contributed by atoms with Crippen LogP contribution in [0.5, 0.6) is 11.5 Å². The van der Waals surface area contributed by atoms with Crippen molar-refractivity contribution in [1.29, 1.82) is 0 Å². The van der Waals surface area contributed by atoms with Gasteiger partial charge in [-0.25, -0.2) is 9.59 Å². The molecule has 0 fully saturated rings. The number of unbranched alkanes of at least 4 members (excludes halogenated alkanes) is 1. The van der Waals surface area contributed by atoms with Crippen molar-refractivity contribution in [2.75, 3.05) is 20.8 Å². The van der Waals surface area contributed by atoms with E-state index < -0.39 is 12.0 Å². The van der Waals surface area contributed by atoms with Gasteiger partial charge in [0.05, 0.1) is 25.3 Å². The molecule has 2 rings (SSSR count). The summed E-state index contributed by atoms with van der Waals surface area (Å²) in [4.78, 5) is 26.2. The number of urea groups is 1. The number of hydrogen-bond donors (Lipinski definition) is 2. The molecule has 0 radical (unpaired) electrons. The van der Waals surface area contributed by atoms with E-state index in [2.05, 4.69) is 5.32 Å². The molecular formula is C18H24N2O5. The van der Waals surface area contributed by atoms with Crippen LogP contribution in [0.1, 0.15) is 38.3 Å². The number of methoxy groups -OCH3 is 1. The normalized spacial score (nSPS) is 17.4. The van der Waals surface area contributed by atoms with Crippen molar-refractivity contribution < 1.29 is 24.2 Å². The summed E-state index contributed by atoms with van der Waals surface area (Å²) in [6.07, 6.45) is 1.69. The molecule has 136 valence electrons. The molecular weight excluding hydrogens is 324 g/mol. The van der Waals surface area contributed by atoms with E-state index in [1.807, 2.05) is 6.92 Å². The van der Waals surface area contributed by atoms with Crippen LogP contribution in [-0.4, -0.2) is 42.8 Å². The number of ether oxygens (including phenoxy) is 2. The Labute approximate surface area is 147 Å². The van der Waals surface area contributed by atoms with Crippen LogP contribution in [0.2, 0.25) is 0 Å². The maximum absolute atomic E-state index is 12.6. The molecule has 2 amide bonds. The van der Waals surface area contributed by atoms with Gasteiger partial charge >= 0.3 is 12.0 Å². The number of nitrogens with one attached hydrogen (secondary N) is 1. The third kappa shape index (κ3) is 3.87. The van der Waals surface area contributed by atoms with E-state index in [4.69, 9.17) is 9.47 Å². The number of amides is 2. The van der Waals surface area contributed by atoms with E-state index in [1.54, 1.807) is 26.1 Å². The Morgan fingerprint density at radius 3 is 2.76 bits per heavy atom. The predicted molar refractivity (Wildman–Crippen MR) is 92.3 cm³/mol. The van der Waals surface area contributed by atoms with Gasteiger partial charge in [0.1, 0.15) is 0 Å². The van der Waals surface area contributed by atoms with E-state index in [9.17, 15) is 14.7 Å². The Morgan fingerprint density at radius 1 is 1.40 bits per heavy atom. The zero-order chi connectivity index (χ0) is 18.6. The van der Waals surface area contributed by atoms with E-state index >= 15 is 0 Å². The highest BCUT2D eigenvalue weighted by Gasteiger charge is 2.35. The highest BCUT2D eigenvalue weighted by Crippen LogP contribution is 2.35. The first-order valence-corrected chi connectivity index (χ1v) is 8.19. The maximum atomic E-state index is 12.6. The minimum absolute atomic E-state index is 0.0155. The molecule has 25 heavy (non-hydrogen) atoms. The number of phenolic OH excluding ortho intramolecular Hbond substituents is 1. The van der Waals surface area contributed by atoms with Crippen LogP contribution >= 0.6 is 0 Å². The number of carbonyl (C=O) groups excluding carboxylic acids is 2. The van der Waals surface area contributed by atoms with Crippen molar-refractivity contribution in [1.82, 2.24) is 10.2 Å². The molecule has 2 N–H and O–H groups in total. The summed E-state index contributed by atoms with van der Waals surface area (Å²) in [5.74, 6) is -0.213. The lowest BCUT2D eigenvalue weighted by Gasteiger charge is -2.33. The number of esters is 1. The van der Waals surface area contributed by atoms with Gasteiger partial charge in [-0.3, -0.25) is 0 Å². The van der Waals surface area contributed by atoms with Crippen LogP contribution in [0.25, 0.3) is 0 Å². The Balaban J connectivity index is 2.42. The molecule has 1 aromatic carbocycles. The Hall–Kier alpha value is -2.70. The molecule has 0 aliphatic carbocycles. The molecule has 0 bridgehead atoms. The summed E-state index contributed by atoms with van der Waals surface area (Å²) in [5, 5.41) is 12.6. The summed E-state index contributed by atoms with van der Waals surface area (Å²) in [6.45, 7) is 4.05. The summed E-state index contributed by atoms with van der Waals surface area (Å²) in [7, 11) is 3.03. The van der Waals surface area contributed by atoms with Gasteiger partial charge in [0, 0.05) is 12.7 Å². The minimum Gasteiger partial charge on any atom is -0.504 e. The van der Waals surface area contributed by atoms with Gasteiger partial charge in [-0.1, -0.05) is 19.4 Å². The predicted octanol–water partition coefficient (Wildman–Crippen LogP) is 2.71. The first-order chi connectivity index (χ1) is 11.9. The molecule has 1 heterocycles. The smallest absolute Gasteiger partial charge is 0.338 e. The summed E-state index contributed by atoms with van der Waals surface area (Å²) in [5.41, 5.74) is 1.52. The van der Waals surface area contributed by atoms with Gasteiger partial charge in [-0.2, -0.15) is 0 Å². The number of allylic oxidation sites excluding steroid dienone is 1. The monoisotopic (exact) mass is 348 g/mol. The van der Waals surface area contributed by atoms with Crippen LogP contribution < -0.4 is 10.1 Å². The van der Waals surface area contributed by atoms with Crippen molar-refractivity contribution in [3.05, 3.63) is 35.0 Å². The average Bonchev–Trinajstić information content (AvgIpc) is 2.60. The van der Waals surface area contributed by atoms with Crippen molar-refractivity contribution >= 4 is 12.0 Å². The zero-order valence-electron chi connectivity index (χ0n) is 15.0. The molecule has 0 spiro atoms. The number of aromatic hydroxyl groups is 1. The topological polar surface area (TPSA) is 88.1 Å². The van der Waals surface area contributed by atoms with Crippen molar-refractivity contribution in [2.24, 2.45) is 0 Å². The van der Waals surface area contributed by atoms with E-state index in [0.717, 1.165) is 12.8 Å². The molecule has 0 saturated heterocycles. The van der Waals surface area contributed by atoms with Crippen molar-refractivity contribution in [3.8, 4) is 11.5 Å². The Morgan fingerprint density at radius 2 is 2.12 bits per heavy atom. The largest absolute Gasteiger partial charge is 0.504 e. The summed E-state index contributed by atoms with van der Waals surface area (Å²) >= 11 is 0. The van der Waals surface area contributed by atoms with Gasteiger partial charge in [0.2, 0.25) is 0 Å². The second-order valence-corrected chi connectivity index (χ2v) is 5.86. The molecule has 7 nitrogen and oxygen atoms in total. The first kappa shape index (κ1) is 18.6. The molecule has 1 aliphatic rings. The fraction of sp³-hybridized carbons (Fsp3) is 0.444. The molecule has 0 saturated carbocycles. The fourth-order valence-corrected chi connectivity index (χ4v) is 2.61. The van der Waals surface area contributed by atoms with Gasteiger partial charge in [-0.05, 0) is 31.0 Å². The number of rotatable bonds is 6. The highest BCUT2D eigenvalue weighted by atomic mass is 16.5. The first-order valence-electron chi connectivity index (χ1n) is 8.19. The Bertz CT molecular complexity index is 699. The van der Waals surface area contributed by atoms with Crippen molar-refractivity contribution in [2.45, 2.75) is 32.7 Å². The van der Waals surface area contributed by atoms with Gasteiger partial charge in [0.25, 0.3) is 0 Å². The minimum atomic E-state index is -0.674. The lowest BCUT2D eigenvalue weighted by Crippen LogP contribution is -2.46. The van der Waals surface area contributed by atoms with Gasteiger partial charge in [0.15, 0.2) is 11.5 Å². The number of nitrogens with zero attached hydrogens (tertiary/aromatic N) is 1. The van der Waals surface area contributed by atoms with E-state index in [0.29, 0.717) is 23.4 Å². The number of benzene rings is 1. The number of hydrogen-bond acceptors (Lipinski definition) is 5. The van der Waals surface area contributed by atoms with Gasteiger partial charge in [-0.15, -0.1) is 0 Å². The van der Waals surface area contributed by atoms with Crippen molar-refractivity contribution in [3.63, 3.8) is 0 Å². The molecule has 7 heteroatoms. The fourth-order valence-electron chi connectivity index (χ4n) is 2.61. The SMILES string of the molecule is CCCCOC(=O)C1=C(C)N(C)C(=O)N[C@H]1c1ccc(O)c(OC)c1. The Kier molecular flexibility index (Phi) is 5.90. The van der Waals surface area contributed by atoms with Crippen LogP contribution in [0, 0.1) is 0 Å². The average molecular weight is 348 g/mol. The van der Waals surface area contributed by atoms with E-state index in [1.165, 1.54) is 18.1 Å². The standard InChI is InChI=1S/C18H24N2O5/c1-5-6-9-25-17(22)15-11(2)20(3)18(23)19-16(15)12-7-8-13(21)14(10-12)24-4/h7-8,10,16,21H,5-6,9H2,1-4H3,(H,19,23)/t16-/m0/s1. The number of carbonyl (C=O) groups is 2. The quantitative estimate of drug-likeness (QED) is 0.610. The lowest BCUT2D eigenvalue weighted by atomic mass is 9.94. The van der Waals surface area contributed by atoms with Crippen LogP contribution in [-0.2, 0) is 9.53 Å². The van der Waals surface area contributed by atoms with Crippen LogP contribution in [0.15, 0.2) is 29.5 Å². The molecule has 1 aromatic rings. The molecule has 0 unspecified atom stereocenters. The van der Waals surface area contributed by atoms with Gasteiger partial charge < -0.3 is 24.8 Å².